The fourth-order valence-electron chi connectivity index (χ4n) is 2.73. The van der Waals surface area contributed by atoms with Crippen LogP contribution in [0.25, 0.3) is 11.5 Å². The maximum absolute atomic E-state index is 5.59. The summed E-state index contributed by atoms with van der Waals surface area (Å²) in [4.78, 5) is 8.79. The summed E-state index contributed by atoms with van der Waals surface area (Å²) in [5.74, 6) is 2.22. The van der Waals surface area contributed by atoms with Gasteiger partial charge in [-0.25, -0.2) is 4.98 Å². The molecule has 6 nitrogen and oxygen atoms in total. The number of aromatic nitrogens is 1. The van der Waals surface area contributed by atoms with Gasteiger partial charge in [0.15, 0.2) is 5.96 Å². The van der Waals surface area contributed by atoms with Crippen LogP contribution in [0.5, 0.6) is 5.75 Å². The zero-order valence-corrected chi connectivity index (χ0v) is 16.5. The number of oxazole rings is 1. The third-order valence-corrected chi connectivity index (χ3v) is 4.38. The molecule has 0 atom stereocenters. The quantitative estimate of drug-likeness (QED) is 0.486. The summed E-state index contributed by atoms with van der Waals surface area (Å²) in [7, 11) is 3.42. The molecule has 3 rings (SSSR count). The zero-order valence-electron chi connectivity index (χ0n) is 16.5. The maximum Gasteiger partial charge on any atom is 0.226 e. The molecule has 0 unspecified atom stereocenters. The molecule has 1 heterocycles. The number of aryl methyl sites for hydroxylation is 1. The third-order valence-electron chi connectivity index (χ3n) is 4.38. The molecule has 1 aromatic heterocycles. The minimum Gasteiger partial charge on any atom is -0.497 e. The maximum atomic E-state index is 5.59. The van der Waals surface area contributed by atoms with Crippen molar-refractivity contribution in [2.24, 2.45) is 4.99 Å². The fourth-order valence-corrected chi connectivity index (χ4v) is 2.73. The number of benzene rings is 2. The van der Waals surface area contributed by atoms with Crippen molar-refractivity contribution in [1.82, 2.24) is 15.6 Å². The molecule has 0 fully saturated rings. The van der Waals surface area contributed by atoms with Crippen molar-refractivity contribution in [1.29, 1.82) is 0 Å². The van der Waals surface area contributed by atoms with Gasteiger partial charge in [0.05, 0.1) is 19.3 Å². The highest BCUT2D eigenvalue weighted by atomic mass is 16.5. The Morgan fingerprint density at radius 1 is 1.07 bits per heavy atom. The Labute approximate surface area is 165 Å². The topological polar surface area (TPSA) is 71.7 Å². The van der Waals surface area contributed by atoms with E-state index in [4.69, 9.17) is 9.15 Å². The summed E-state index contributed by atoms with van der Waals surface area (Å²) in [6.07, 6.45) is 2.57. The van der Waals surface area contributed by atoms with Crippen LogP contribution in [0.2, 0.25) is 0 Å². The molecule has 0 saturated heterocycles. The molecule has 0 amide bonds. The van der Waals surface area contributed by atoms with Crippen molar-refractivity contribution in [3.63, 3.8) is 0 Å². The number of hydrogen-bond acceptors (Lipinski definition) is 4. The summed E-state index contributed by atoms with van der Waals surface area (Å²) in [6, 6.07) is 16.2. The van der Waals surface area contributed by atoms with Gasteiger partial charge in [0.25, 0.3) is 0 Å². The Morgan fingerprint density at radius 2 is 1.82 bits per heavy atom. The average molecular weight is 378 g/mol. The van der Waals surface area contributed by atoms with Gasteiger partial charge in [0, 0.05) is 19.2 Å². The molecule has 0 radical (unpaired) electrons. The largest absolute Gasteiger partial charge is 0.497 e. The van der Waals surface area contributed by atoms with Gasteiger partial charge < -0.3 is 19.8 Å². The minimum absolute atomic E-state index is 0.539. The van der Waals surface area contributed by atoms with E-state index in [1.54, 1.807) is 20.4 Å². The zero-order chi connectivity index (χ0) is 19.8. The molecule has 2 aromatic carbocycles. The van der Waals surface area contributed by atoms with E-state index in [1.807, 2.05) is 36.4 Å². The summed E-state index contributed by atoms with van der Waals surface area (Å²) in [5, 5.41) is 6.57. The lowest BCUT2D eigenvalue weighted by molar-refractivity contribution is 0.414. The summed E-state index contributed by atoms with van der Waals surface area (Å²) >= 11 is 0. The van der Waals surface area contributed by atoms with E-state index in [9.17, 15) is 0 Å². The number of methoxy groups -OCH3 is 1. The summed E-state index contributed by atoms with van der Waals surface area (Å²) < 4.78 is 10.8. The first-order valence-electron chi connectivity index (χ1n) is 9.27. The van der Waals surface area contributed by atoms with Gasteiger partial charge in [-0.15, -0.1) is 0 Å². The van der Waals surface area contributed by atoms with E-state index in [1.165, 1.54) is 11.1 Å². The molecule has 0 spiro atoms. The Kier molecular flexibility index (Phi) is 6.68. The van der Waals surface area contributed by atoms with Crippen LogP contribution in [-0.2, 0) is 13.0 Å². The van der Waals surface area contributed by atoms with Crippen LogP contribution in [-0.4, -0.2) is 31.6 Å². The highest BCUT2D eigenvalue weighted by Gasteiger charge is 2.07. The molecule has 28 heavy (non-hydrogen) atoms. The molecular weight excluding hydrogens is 352 g/mol. The SMILES string of the molecule is CN=C(NCCc1ccc(OC)cc1)NCc1coc(-c2ccc(C)cc2)n1. The van der Waals surface area contributed by atoms with Gasteiger partial charge in [-0.3, -0.25) is 4.99 Å². The van der Waals surface area contributed by atoms with Crippen LogP contribution in [0.4, 0.5) is 0 Å². The second kappa shape index (κ2) is 9.60. The molecule has 0 aliphatic heterocycles. The molecule has 6 heteroatoms. The first-order chi connectivity index (χ1) is 13.7. The third kappa shape index (κ3) is 5.36. The number of guanidine groups is 1. The highest BCUT2D eigenvalue weighted by molar-refractivity contribution is 5.79. The van der Waals surface area contributed by atoms with E-state index in [2.05, 4.69) is 39.7 Å². The number of rotatable bonds is 7. The predicted octanol–water partition coefficient (Wildman–Crippen LogP) is 3.57. The van der Waals surface area contributed by atoms with E-state index in [-0.39, 0.29) is 0 Å². The average Bonchev–Trinajstić information content (AvgIpc) is 3.20. The number of nitrogens with zero attached hydrogens (tertiary/aromatic N) is 2. The van der Waals surface area contributed by atoms with Crippen molar-refractivity contribution in [2.75, 3.05) is 20.7 Å². The van der Waals surface area contributed by atoms with Crippen LogP contribution in [0.1, 0.15) is 16.8 Å². The van der Waals surface area contributed by atoms with Crippen molar-refractivity contribution >= 4 is 5.96 Å². The van der Waals surface area contributed by atoms with Gasteiger partial charge in [0.1, 0.15) is 12.0 Å². The number of hydrogen-bond donors (Lipinski definition) is 2. The van der Waals surface area contributed by atoms with Crippen LogP contribution in [0.15, 0.2) is 64.2 Å². The fraction of sp³-hybridized carbons (Fsp3) is 0.273. The Bertz CT molecular complexity index is 899. The van der Waals surface area contributed by atoms with Crippen molar-refractivity contribution in [2.45, 2.75) is 19.9 Å². The molecule has 0 aliphatic carbocycles. The molecule has 146 valence electrons. The van der Waals surface area contributed by atoms with E-state index in [0.29, 0.717) is 12.4 Å². The first kappa shape index (κ1) is 19.5. The van der Waals surface area contributed by atoms with Crippen LogP contribution < -0.4 is 15.4 Å². The summed E-state index contributed by atoms with van der Waals surface area (Å²) in [6.45, 7) is 3.37. The van der Waals surface area contributed by atoms with Gasteiger partial charge in [-0.1, -0.05) is 29.8 Å². The Hall–Kier alpha value is -3.28. The monoisotopic (exact) mass is 378 g/mol. The molecule has 3 aromatic rings. The Morgan fingerprint density at radius 3 is 2.50 bits per heavy atom. The number of ether oxygens (including phenoxy) is 1. The van der Waals surface area contributed by atoms with Gasteiger partial charge in [-0.2, -0.15) is 0 Å². The molecule has 2 N–H and O–H groups in total. The highest BCUT2D eigenvalue weighted by Crippen LogP contribution is 2.19. The molecule has 0 bridgehead atoms. The van der Waals surface area contributed by atoms with Gasteiger partial charge in [0.2, 0.25) is 5.89 Å². The number of aliphatic imine (C=N–C) groups is 1. The normalized spacial score (nSPS) is 11.3. The van der Waals surface area contributed by atoms with Gasteiger partial charge in [-0.05, 0) is 43.2 Å². The Balaban J connectivity index is 1.46. The lowest BCUT2D eigenvalue weighted by atomic mass is 10.1. The van der Waals surface area contributed by atoms with Crippen LogP contribution >= 0.6 is 0 Å². The lowest BCUT2D eigenvalue weighted by Crippen LogP contribution is -2.37. The molecular formula is C22H26N4O2. The van der Waals surface area contributed by atoms with E-state index < -0.39 is 0 Å². The van der Waals surface area contributed by atoms with Crippen molar-refractivity contribution < 1.29 is 9.15 Å². The first-order valence-corrected chi connectivity index (χ1v) is 9.27. The van der Waals surface area contributed by atoms with Gasteiger partial charge >= 0.3 is 0 Å². The summed E-state index contributed by atoms with van der Waals surface area (Å²) in [5.41, 5.74) is 4.25. The van der Waals surface area contributed by atoms with Crippen LogP contribution in [0, 0.1) is 6.92 Å². The van der Waals surface area contributed by atoms with Crippen molar-refractivity contribution in [3.8, 4) is 17.2 Å². The number of nitrogens with one attached hydrogen (secondary N) is 2. The lowest BCUT2D eigenvalue weighted by Gasteiger charge is -2.11. The van der Waals surface area contributed by atoms with E-state index in [0.717, 1.165) is 35.9 Å². The van der Waals surface area contributed by atoms with Crippen LogP contribution in [0.3, 0.4) is 0 Å². The smallest absolute Gasteiger partial charge is 0.226 e. The second-order valence-electron chi connectivity index (χ2n) is 6.46. The standard InChI is InChI=1S/C22H26N4O2/c1-16-4-8-18(9-5-16)21-26-19(15-28-21)14-25-22(23-2)24-13-12-17-6-10-20(27-3)11-7-17/h4-11,15H,12-14H2,1-3H3,(H2,23,24,25). The predicted molar refractivity (Wildman–Crippen MR) is 112 cm³/mol. The second-order valence-corrected chi connectivity index (χ2v) is 6.46. The molecule has 0 aliphatic rings. The minimum atomic E-state index is 0.539. The van der Waals surface area contributed by atoms with E-state index >= 15 is 0 Å². The molecule has 0 saturated carbocycles. The van der Waals surface area contributed by atoms with Crippen molar-refractivity contribution in [3.05, 3.63) is 71.6 Å².